The van der Waals surface area contributed by atoms with Crippen molar-refractivity contribution in [2.45, 2.75) is 44.6 Å². The van der Waals surface area contributed by atoms with E-state index in [1.165, 1.54) is 4.31 Å². The Balaban J connectivity index is 1.90. The molecule has 0 aromatic heterocycles. The predicted octanol–water partition coefficient (Wildman–Crippen LogP) is 3.28. The van der Waals surface area contributed by atoms with Crippen LogP contribution in [0.15, 0.2) is 41.3 Å². The lowest BCUT2D eigenvalue weighted by Gasteiger charge is -2.25. The van der Waals surface area contributed by atoms with Crippen molar-refractivity contribution < 1.29 is 13.2 Å². The van der Waals surface area contributed by atoms with Crippen molar-refractivity contribution in [2.75, 3.05) is 11.9 Å². The largest absolute Gasteiger partial charge is 0.325 e. The molecule has 0 spiro atoms. The lowest BCUT2D eigenvalue weighted by molar-refractivity contribution is -0.119. The summed E-state index contributed by atoms with van der Waals surface area (Å²) in [7, 11) is -3.80. The van der Waals surface area contributed by atoms with Crippen LogP contribution < -0.4 is 5.32 Å². The molecule has 7 heteroatoms. The number of benzene rings is 2. The maximum atomic E-state index is 13.4. The van der Waals surface area contributed by atoms with Gasteiger partial charge in [-0.25, -0.2) is 8.42 Å². The van der Waals surface area contributed by atoms with E-state index in [9.17, 15) is 13.2 Å². The van der Waals surface area contributed by atoms with Crippen LogP contribution in [0.3, 0.4) is 0 Å². The first-order valence-electron chi connectivity index (χ1n) is 9.15. The van der Waals surface area contributed by atoms with Crippen molar-refractivity contribution in [2.24, 2.45) is 0 Å². The number of amides is 1. The zero-order chi connectivity index (χ0) is 20.5. The maximum Gasteiger partial charge on any atom is 0.244 e. The molecule has 2 aromatic carbocycles. The summed E-state index contributed by atoms with van der Waals surface area (Å²) in [5, 5.41) is 11.8. The molecule has 0 radical (unpaired) electrons. The van der Waals surface area contributed by atoms with Gasteiger partial charge in [-0.05, 0) is 62.9 Å². The zero-order valence-electron chi connectivity index (χ0n) is 16.2. The molecule has 1 amide bonds. The Morgan fingerprint density at radius 2 is 1.86 bits per heavy atom. The van der Waals surface area contributed by atoms with Gasteiger partial charge in [-0.15, -0.1) is 0 Å². The Kier molecular flexibility index (Phi) is 5.54. The van der Waals surface area contributed by atoms with Gasteiger partial charge in [0.25, 0.3) is 0 Å². The molecular formula is C21H23N3O3S. The summed E-state index contributed by atoms with van der Waals surface area (Å²) < 4.78 is 28.0. The van der Waals surface area contributed by atoms with E-state index >= 15 is 0 Å². The minimum Gasteiger partial charge on any atom is -0.325 e. The Bertz CT molecular complexity index is 1050. The van der Waals surface area contributed by atoms with Gasteiger partial charge in [-0.2, -0.15) is 9.57 Å². The van der Waals surface area contributed by atoms with Crippen molar-refractivity contribution in [1.29, 1.82) is 5.26 Å². The molecular weight excluding hydrogens is 374 g/mol. The van der Waals surface area contributed by atoms with Gasteiger partial charge in [0.15, 0.2) is 0 Å². The number of nitriles is 1. The van der Waals surface area contributed by atoms with Gasteiger partial charge in [-0.1, -0.05) is 23.8 Å². The molecule has 6 nitrogen and oxygen atoms in total. The van der Waals surface area contributed by atoms with Crippen molar-refractivity contribution in [3.05, 3.63) is 58.7 Å². The van der Waals surface area contributed by atoms with Gasteiger partial charge in [0.05, 0.1) is 16.5 Å². The number of rotatable bonds is 4. The second-order valence-corrected chi connectivity index (χ2v) is 9.01. The molecule has 2 aromatic rings. The zero-order valence-corrected chi connectivity index (χ0v) is 17.0. The van der Waals surface area contributed by atoms with Crippen LogP contribution in [0.25, 0.3) is 0 Å². The molecule has 1 heterocycles. The predicted molar refractivity (Wildman–Crippen MR) is 107 cm³/mol. The van der Waals surface area contributed by atoms with E-state index in [1.807, 2.05) is 25.1 Å². The van der Waals surface area contributed by atoms with Crippen LogP contribution in [0.5, 0.6) is 0 Å². The van der Waals surface area contributed by atoms with Crippen molar-refractivity contribution in [1.82, 2.24) is 4.31 Å². The smallest absolute Gasteiger partial charge is 0.244 e. The summed E-state index contributed by atoms with van der Waals surface area (Å²) in [6.07, 6.45) is 1.09. The van der Waals surface area contributed by atoms with Gasteiger partial charge < -0.3 is 5.32 Å². The summed E-state index contributed by atoms with van der Waals surface area (Å²) >= 11 is 0. The molecule has 1 N–H and O–H groups in total. The van der Waals surface area contributed by atoms with Crippen LogP contribution >= 0.6 is 0 Å². The first-order chi connectivity index (χ1) is 13.2. The number of hydrogen-bond acceptors (Lipinski definition) is 4. The minimum atomic E-state index is -3.80. The summed E-state index contributed by atoms with van der Waals surface area (Å²) in [5.41, 5.74) is 3.29. The highest BCUT2D eigenvalue weighted by molar-refractivity contribution is 7.89. The average molecular weight is 398 g/mol. The molecule has 1 aliphatic heterocycles. The normalized spacial score (nSPS) is 17.3. The van der Waals surface area contributed by atoms with Gasteiger partial charge in [0, 0.05) is 12.2 Å². The van der Waals surface area contributed by atoms with Crippen molar-refractivity contribution in [3.63, 3.8) is 0 Å². The molecule has 3 rings (SSSR count). The van der Waals surface area contributed by atoms with Crippen LogP contribution in [-0.4, -0.2) is 31.2 Å². The Labute approximate surface area is 165 Å². The molecule has 28 heavy (non-hydrogen) atoms. The van der Waals surface area contributed by atoms with Crippen LogP contribution in [0.4, 0.5) is 5.69 Å². The number of nitrogens with one attached hydrogen (secondary N) is 1. The fourth-order valence-electron chi connectivity index (χ4n) is 3.87. The van der Waals surface area contributed by atoms with E-state index in [1.54, 1.807) is 38.1 Å². The Morgan fingerprint density at radius 3 is 2.50 bits per heavy atom. The SMILES string of the molecule is Cc1cc(C)c(S(=O)(=O)N2CCCC2C(=O)Nc2cccc(C#N)c2)c(C)c1. The van der Waals surface area contributed by atoms with Crippen LogP contribution in [0.2, 0.25) is 0 Å². The fourth-order valence-corrected chi connectivity index (χ4v) is 5.94. The lowest BCUT2D eigenvalue weighted by atomic mass is 10.1. The summed E-state index contributed by atoms with van der Waals surface area (Å²) in [6.45, 7) is 5.81. The molecule has 1 aliphatic rings. The third-order valence-corrected chi connectivity index (χ3v) is 7.15. The Morgan fingerprint density at radius 1 is 1.18 bits per heavy atom. The summed E-state index contributed by atoms with van der Waals surface area (Å²) in [6, 6.07) is 11.5. The average Bonchev–Trinajstić information content (AvgIpc) is 3.11. The van der Waals surface area contributed by atoms with E-state index < -0.39 is 16.1 Å². The molecule has 0 bridgehead atoms. The molecule has 1 fully saturated rings. The van der Waals surface area contributed by atoms with E-state index in [2.05, 4.69) is 5.32 Å². The van der Waals surface area contributed by atoms with Gasteiger partial charge in [0.1, 0.15) is 6.04 Å². The number of nitrogens with zero attached hydrogens (tertiary/aromatic N) is 2. The number of carbonyl (C=O) groups excluding carboxylic acids is 1. The monoisotopic (exact) mass is 397 g/mol. The fraction of sp³-hybridized carbons (Fsp3) is 0.333. The summed E-state index contributed by atoms with van der Waals surface area (Å²) in [4.78, 5) is 13.1. The topological polar surface area (TPSA) is 90.3 Å². The molecule has 0 aliphatic carbocycles. The molecule has 1 unspecified atom stereocenters. The maximum absolute atomic E-state index is 13.4. The Hall–Kier alpha value is -2.69. The standard InChI is InChI=1S/C21H23N3O3S/c1-14-10-15(2)20(16(3)11-14)28(26,27)24-9-5-8-19(24)21(25)23-18-7-4-6-17(12-18)13-22/h4,6-7,10-12,19H,5,8-9H2,1-3H3,(H,23,25). The number of carbonyl (C=O) groups is 1. The van der Waals surface area contributed by atoms with E-state index in [0.29, 0.717) is 41.8 Å². The van der Waals surface area contributed by atoms with Crippen molar-refractivity contribution >= 4 is 21.6 Å². The van der Waals surface area contributed by atoms with Crippen LogP contribution in [0, 0.1) is 32.1 Å². The van der Waals surface area contributed by atoms with Crippen LogP contribution in [-0.2, 0) is 14.8 Å². The number of anilines is 1. The minimum absolute atomic E-state index is 0.282. The highest BCUT2D eigenvalue weighted by atomic mass is 32.2. The second-order valence-electron chi connectivity index (χ2n) is 7.18. The molecule has 0 saturated carbocycles. The van der Waals surface area contributed by atoms with Crippen LogP contribution in [0.1, 0.15) is 35.1 Å². The quantitative estimate of drug-likeness (QED) is 0.857. The van der Waals surface area contributed by atoms with E-state index in [-0.39, 0.29) is 10.8 Å². The highest BCUT2D eigenvalue weighted by Crippen LogP contribution is 2.31. The molecule has 146 valence electrons. The van der Waals surface area contributed by atoms with Gasteiger partial charge >= 0.3 is 0 Å². The summed E-state index contributed by atoms with van der Waals surface area (Å²) in [5.74, 6) is -0.376. The number of hydrogen-bond donors (Lipinski definition) is 1. The van der Waals surface area contributed by atoms with E-state index in [0.717, 1.165) is 5.56 Å². The third-order valence-electron chi connectivity index (χ3n) is 4.94. The first-order valence-corrected chi connectivity index (χ1v) is 10.6. The van der Waals surface area contributed by atoms with Crippen molar-refractivity contribution in [3.8, 4) is 6.07 Å². The molecule has 1 atom stereocenters. The first kappa shape index (κ1) is 20.1. The van der Waals surface area contributed by atoms with Gasteiger partial charge in [0.2, 0.25) is 15.9 Å². The van der Waals surface area contributed by atoms with Gasteiger partial charge in [-0.3, -0.25) is 4.79 Å². The number of sulfonamides is 1. The lowest BCUT2D eigenvalue weighted by Crippen LogP contribution is -2.43. The third kappa shape index (κ3) is 3.79. The molecule has 1 saturated heterocycles. The van der Waals surface area contributed by atoms with E-state index in [4.69, 9.17) is 5.26 Å². The number of aryl methyl sites for hydroxylation is 3. The second kappa shape index (κ2) is 7.74. The highest BCUT2D eigenvalue weighted by Gasteiger charge is 2.40.